The summed E-state index contributed by atoms with van der Waals surface area (Å²) in [6, 6.07) is 3.18. The van der Waals surface area contributed by atoms with Crippen LogP contribution in [0.5, 0.6) is 5.75 Å². The van der Waals surface area contributed by atoms with Gasteiger partial charge in [0, 0.05) is 11.0 Å². The molecule has 0 bridgehead atoms. The normalized spacial score (nSPS) is 8.82. The molecule has 0 aliphatic rings. The number of halogens is 1. The molecule has 5 heteroatoms. The van der Waals surface area contributed by atoms with E-state index in [1.807, 2.05) is 0 Å². The van der Waals surface area contributed by atoms with Crippen molar-refractivity contribution in [3.8, 4) is 5.75 Å². The fourth-order valence-corrected chi connectivity index (χ4v) is 0.629. The molecule has 1 aromatic rings. The lowest BCUT2D eigenvalue weighted by Gasteiger charge is -1.94. The number of hydrogen-bond donors (Lipinski definition) is 1. The Morgan fingerprint density at radius 1 is 1.55 bits per heavy atom. The molecule has 4 nitrogen and oxygen atoms in total. The van der Waals surface area contributed by atoms with Gasteiger partial charge in [-0.15, -0.1) is 0 Å². The minimum atomic E-state index is -0.570. The monoisotopic (exact) mass is 153 g/mol. The van der Waals surface area contributed by atoms with Gasteiger partial charge in [0.05, 0.1) is 5.69 Å². The third-order valence-corrected chi connectivity index (χ3v) is 1.09. The SMILES string of the molecule is [N-]=[N+]=Nc1ccc(F)cc1O. The van der Waals surface area contributed by atoms with Crippen molar-refractivity contribution in [2.45, 2.75) is 0 Å². The Bertz CT molecular complexity index is 320. The molecule has 0 aliphatic heterocycles. The van der Waals surface area contributed by atoms with Gasteiger partial charge >= 0.3 is 0 Å². The van der Waals surface area contributed by atoms with Crippen molar-refractivity contribution < 1.29 is 9.50 Å². The van der Waals surface area contributed by atoms with E-state index in [2.05, 4.69) is 10.0 Å². The van der Waals surface area contributed by atoms with E-state index in [4.69, 9.17) is 10.6 Å². The molecule has 0 saturated heterocycles. The molecule has 0 unspecified atom stereocenters. The summed E-state index contributed by atoms with van der Waals surface area (Å²) in [6.45, 7) is 0. The number of azide groups is 1. The third-order valence-electron chi connectivity index (χ3n) is 1.09. The van der Waals surface area contributed by atoms with Gasteiger partial charge in [0.1, 0.15) is 11.6 Å². The fourth-order valence-electron chi connectivity index (χ4n) is 0.629. The Morgan fingerprint density at radius 2 is 2.27 bits per heavy atom. The van der Waals surface area contributed by atoms with E-state index in [0.29, 0.717) is 0 Å². The quantitative estimate of drug-likeness (QED) is 0.375. The lowest BCUT2D eigenvalue weighted by Crippen LogP contribution is -1.71. The van der Waals surface area contributed by atoms with Crippen LogP contribution in [0, 0.1) is 5.82 Å². The van der Waals surface area contributed by atoms with Crippen molar-refractivity contribution in [2.75, 3.05) is 0 Å². The first-order valence-electron chi connectivity index (χ1n) is 2.77. The van der Waals surface area contributed by atoms with Crippen LogP contribution in [0.1, 0.15) is 0 Å². The van der Waals surface area contributed by atoms with Crippen molar-refractivity contribution in [3.63, 3.8) is 0 Å². The van der Waals surface area contributed by atoms with E-state index in [0.717, 1.165) is 12.1 Å². The van der Waals surface area contributed by atoms with Gasteiger partial charge in [0.2, 0.25) is 0 Å². The van der Waals surface area contributed by atoms with Gasteiger partial charge < -0.3 is 5.11 Å². The van der Waals surface area contributed by atoms with Gasteiger partial charge in [0.15, 0.2) is 0 Å². The summed E-state index contributed by atoms with van der Waals surface area (Å²) in [6.07, 6.45) is 0. The van der Waals surface area contributed by atoms with Crippen LogP contribution in [-0.2, 0) is 0 Å². The number of rotatable bonds is 1. The Balaban J connectivity index is 3.19. The molecule has 1 aromatic carbocycles. The van der Waals surface area contributed by atoms with E-state index in [1.165, 1.54) is 6.07 Å². The minimum Gasteiger partial charge on any atom is -0.507 e. The molecule has 0 fully saturated rings. The average Bonchev–Trinajstić information content (AvgIpc) is 1.95. The van der Waals surface area contributed by atoms with Crippen molar-refractivity contribution in [1.29, 1.82) is 0 Å². The van der Waals surface area contributed by atoms with Crippen LogP contribution in [0.15, 0.2) is 23.3 Å². The first kappa shape index (κ1) is 7.37. The molecule has 0 saturated carbocycles. The maximum absolute atomic E-state index is 12.3. The average molecular weight is 153 g/mol. The summed E-state index contributed by atoms with van der Waals surface area (Å²) < 4.78 is 12.3. The molecule has 1 N–H and O–H groups in total. The highest BCUT2D eigenvalue weighted by atomic mass is 19.1. The van der Waals surface area contributed by atoms with Crippen LogP contribution < -0.4 is 0 Å². The second-order valence-corrected chi connectivity index (χ2v) is 1.82. The highest BCUT2D eigenvalue weighted by molar-refractivity contribution is 5.50. The van der Waals surface area contributed by atoms with Crippen LogP contribution in [0.25, 0.3) is 10.4 Å². The second kappa shape index (κ2) is 2.90. The summed E-state index contributed by atoms with van der Waals surface area (Å²) in [4.78, 5) is 2.44. The summed E-state index contributed by atoms with van der Waals surface area (Å²) >= 11 is 0. The predicted molar refractivity (Wildman–Crippen MR) is 36.9 cm³/mol. The molecule has 0 radical (unpaired) electrons. The first-order chi connectivity index (χ1) is 5.24. The van der Waals surface area contributed by atoms with Gasteiger partial charge in [-0.05, 0) is 17.7 Å². The molecule has 0 amide bonds. The number of hydrogen-bond acceptors (Lipinski definition) is 2. The van der Waals surface area contributed by atoms with Gasteiger partial charge in [-0.2, -0.15) is 0 Å². The number of phenolic OH excluding ortho intramolecular Hbond substituents is 1. The standard InChI is InChI=1S/C6H4FN3O/c7-4-1-2-5(9-10-8)6(11)3-4/h1-3,11H. The van der Waals surface area contributed by atoms with Crippen molar-refractivity contribution >= 4 is 5.69 Å². The maximum Gasteiger partial charge on any atom is 0.128 e. The lowest BCUT2D eigenvalue weighted by atomic mass is 10.3. The zero-order chi connectivity index (χ0) is 8.27. The van der Waals surface area contributed by atoms with Crippen molar-refractivity contribution in [2.24, 2.45) is 5.11 Å². The van der Waals surface area contributed by atoms with Crippen molar-refractivity contribution in [1.82, 2.24) is 0 Å². The van der Waals surface area contributed by atoms with Gasteiger partial charge in [-0.3, -0.25) is 0 Å². The number of nitrogens with zero attached hydrogens (tertiary/aromatic N) is 3. The Labute approximate surface area is 61.5 Å². The maximum atomic E-state index is 12.3. The summed E-state index contributed by atoms with van der Waals surface area (Å²) in [7, 11) is 0. The Kier molecular flexibility index (Phi) is 1.94. The second-order valence-electron chi connectivity index (χ2n) is 1.82. The van der Waals surface area contributed by atoms with Crippen LogP contribution in [0.2, 0.25) is 0 Å². The van der Waals surface area contributed by atoms with Crippen LogP contribution in [-0.4, -0.2) is 5.11 Å². The molecule has 56 valence electrons. The lowest BCUT2D eigenvalue weighted by molar-refractivity contribution is 0.470. The molecule has 0 aromatic heterocycles. The summed E-state index contributed by atoms with van der Waals surface area (Å²) in [5, 5.41) is 12.0. The van der Waals surface area contributed by atoms with E-state index in [1.54, 1.807) is 0 Å². The van der Waals surface area contributed by atoms with E-state index < -0.39 is 5.82 Å². The number of benzene rings is 1. The molecule has 1 rings (SSSR count). The molecular weight excluding hydrogens is 149 g/mol. The third kappa shape index (κ3) is 1.59. The van der Waals surface area contributed by atoms with Gasteiger partial charge in [0.25, 0.3) is 0 Å². The van der Waals surface area contributed by atoms with Gasteiger partial charge in [-0.25, -0.2) is 4.39 Å². The Morgan fingerprint density at radius 3 is 2.82 bits per heavy atom. The molecular formula is C6H4FN3O. The van der Waals surface area contributed by atoms with Crippen molar-refractivity contribution in [3.05, 3.63) is 34.5 Å². The zero-order valence-electron chi connectivity index (χ0n) is 5.40. The van der Waals surface area contributed by atoms with Crippen LogP contribution in [0.4, 0.5) is 10.1 Å². The van der Waals surface area contributed by atoms with Crippen LogP contribution in [0.3, 0.4) is 0 Å². The highest BCUT2D eigenvalue weighted by Crippen LogP contribution is 2.26. The number of phenols is 1. The molecule has 0 heterocycles. The molecule has 11 heavy (non-hydrogen) atoms. The first-order valence-corrected chi connectivity index (χ1v) is 2.77. The number of aromatic hydroxyl groups is 1. The molecule has 0 atom stereocenters. The van der Waals surface area contributed by atoms with E-state index in [-0.39, 0.29) is 11.4 Å². The predicted octanol–water partition coefficient (Wildman–Crippen LogP) is 2.47. The summed E-state index contributed by atoms with van der Waals surface area (Å²) in [5.74, 6) is -0.929. The van der Waals surface area contributed by atoms with Crippen LogP contribution >= 0.6 is 0 Å². The van der Waals surface area contributed by atoms with E-state index >= 15 is 0 Å². The van der Waals surface area contributed by atoms with Gasteiger partial charge in [-0.1, -0.05) is 5.11 Å². The summed E-state index contributed by atoms with van der Waals surface area (Å²) in [5.41, 5.74) is 7.99. The topological polar surface area (TPSA) is 69.0 Å². The highest BCUT2D eigenvalue weighted by Gasteiger charge is 1.98. The molecule has 0 aliphatic carbocycles. The smallest absolute Gasteiger partial charge is 0.128 e. The zero-order valence-corrected chi connectivity index (χ0v) is 5.40. The largest absolute Gasteiger partial charge is 0.507 e. The van der Waals surface area contributed by atoms with E-state index in [9.17, 15) is 4.39 Å². The fraction of sp³-hybridized carbons (Fsp3) is 0. The Hall–Kier alpha value is -1.74. The molecule has 0 spiro atoms. The minimum absolute atomic E-state index is 0.0221.